The van der Waals surface area contributed by atoms with Crippen LogP contribution in [0.5, 0.6) is 5.75 Å². The molecule has 0 saturated carbocycles. The fourth-order valence-corrected chi connectivity index (χ4v) is 4.68. The molecule has 7 heteroatoms. The maximum atomic E-state index is 12.4. The number of alkyl halides is 3. The van der Waals surface area contributed by atoms with E-state index in [0.29, 0.717) is 5.56 Å². The van der Waals surface area contributed by atoms with Crippen LogP contribution in [0.15, 0.2) is 24.3 Å². The maximum absolute atomic E-state index is 12.4. The number of hydrogen-bond donors (Lipinski definition) is 1. The van der Waals surface area contributed by atoms with Crippen molar-refractivity contribution in [2.75, 3.05) is 17.3 Å². The van der Waals surface area contributed by atoms with Gasteiger partial charge in [0.15, 0.2) is 0 Å². The van der Waals surface area contributed by atoms with Crippen LogP contribution in [0.3, 0.4) is 0 Å². The molecule has 2 nitrogen and oxygen atoms in total. The molecular weight excluding hydrogens is 295 g/mol. The quantitative estimate of drug-likeness (QED) is 0.928. The molecule has 2 atom stereocenters. The number of halogens is 3. The standard InChI is InChI=1S/C12H14F3NOS2/c13-12(14,15)17-9-4-2-1-3-8(9)11(16)10-7-18-5-6-19-10/h1-4,10-11H,5-7,16H2. The van der Waals surface area contributed by atoms with E-state index in [0.717, 1.165) is 17.3 Å². The van der Waals surface area contributed by atoms with Crippen LogP contribution in [0.1, 0.15) is 11.6 Å². The van der Waals surface area contributed by atoms with Crippen LogP contribution in [-0.4, -0.2) is 28.9 Å². The molecule has 0 aliphatic carbocycles. The van der Waals surface area contributed by atoms with Crippen LogP contribution >= 0.6 is 23.5 Å². The second-order valence-corrected chi connectivity index (χ2v) is 6.59. The molecule has 0 spiro atoms. The lowest BCUT2D eigenvalue weighted by Crippen LogP contribution is -2.30. The monoisotopic (exact) mass is 309 g/mol. The van der Waals surface area contributed by atoms with E-state index >= 15 is 0 Å². The number of benzene rings is 1. The van der Waals surface area contributed by atoms with Crippen molar-refractivity contribution in [1.82, 2.24) is 0 Å². The van der Waals surface area contributed by atoms with Crippen molar-refractivity contribution < 1.29 is 17.9 Å². The highest BCUT2D eigenvalue weighted by Crippen LogP contribution is 2.37. The predicted octanol–water partition coefficient (Wildman–Crippen LogP) is 3.43. The van der Waals surface area contributed by atoms with Gasteiger partial charge >= 0.3 is 6.36 Å². The number of ether oxygens (including phenoxy) is 1. The van der Waals surface area contributed by atoms with E-state index < -0.39 is 12.4 Å². The summed E-state index contributed by atoms with van der Waals surface area (Å²) in [4.78, 5) is 0. The smallest absolute Gasteiger partial charge is 0.405 e. The van der Waals surface area contributed by atoms with E-state index in [1.165, 1.54) is 12.1 Å². The summed E-state index contributed by atoms with van der Waals surface area (Å²) in [5.74, 6) is 2.70. The van der Waals surface area contributed by atoms with Crippen molar-refractivity contribution in [1.29, 1.82) is 0 Å². The predicted molar refractivity (Wildman–Crippen MR) is 73.6 cm³/mol. The zero-order valence-corrected chi connectivity index (χ0v) is 11.7. The van der Waals surface area contributed by atoms with E-state index in [4.69, 9.17) is 5.73 Å². The lowest BCUT2D eigenvalue weighted by atomic mass is 10.0. The second-order valence-electron chi connectivity index (χ2n) is 4.10. The lowest BCUT2D eigenvalue weighted by Gasteiger charge is -2.28. The molecule has 1 fully saturated rings. The average molecular weight is 309 g/mol. The first-order valence-corrected chi connectivity index (χ1v) is 7.97. The largest absolute Gasteiger partial charge is 0.573 e. The van der Waals surface area contributed by atoms with Gasteiger partial charge in [-0.1, -0.05) is 18.2 Å². The SMILES string of the molecule is NC(c1ccccc1OC(F)(F)F)C1CSCCS1. The molecule has 0 aromatic heterocycles. The summed E-state index contributed by atoms with van der Waals surface area (Å²) in [6.07, 6.45) is -4.69. The molecular formula is C12H14F3NOS2. The molecule has 1 aromatic carbocycles. The van der Waals surface area contributed by atoms with Crippen molar-refractivity contribution in [3.05, 3.63) is 29.8 Å². The first-order chi connectivity index (χ1) is 8.97. The highest BCUT2D eigenvalue weighted by Gasteiger charge is 2.33. The van der Waals surface area contributed by atoms with E-state index in [1.807, 2.05) is 0 Å². The molecule has 2 rings (SSSR count). The van der Waals surface area contributed by atoms with E-state index in [-0.39, 0.29) is 11.0 Å². The van der Waals surface area contributed by atoms with Gasteiger partial charge in [-0.2, -0.15) is 23.5 Å². The molecule has 0 radical (unpaired) electrons. The first-order valence-electron chi connectivity index (χ1n) is 5.77. The van der Waals surface area contributed by atoms with E-state index in [2.05, 4.69) is 4.74 Å². The summed E-state index contributed by atoms with van der Waals surface area (Å²) in [5.41, 5.74) is 6.52. The Hall–Kier alpha value is -0.530. The van der Waals surface area contributed by atoms with Gasteiger partial charge in [-0.3, -0.25) is 0 Å². The third-order valence-electron chi connectivity index (χ3n) is 2.75. The van der Waals surface area contributed by atoms with Crippen LogP contribution in [0, 0.1) is 0 Å². The minimum atomic E-state index is -4.69. The second kappa shape index (κ2) is 6.28. The third kappa shape index (κ3) is 4.22. The molecule has 1 aliphatic heterocycles. The molecule has 1 aliphatic rings. The Labute approximate surface area is 118 Å². The molecule has 2 unspecified atom stereocenters. The van der Waals surface area contributed by atoms with Crippen molar-refractivity contribution in [3.8, 4) is 5.75 Å². The zero-order chi connectivity index (χ0) is 13.9. The van der Waals surface area contributed by atoms with Gasteiger partial charge < -0.3 is 10.5 Å². The van der Waals surface area contributed by atoms with Gasteiger partial charge in [0.2, 0.25) is 0 Å². The van der Waals surface area contributed by atoms with Crippen molar-refractivity contribution >= 4 is 23.5 Å². The van der Waals surface area contributed by atoms with Crippen molar-refractivity contribution in [3.63, 3.8) is 0 Å². The van der Waals surface area contributed by atoms with Crippen LogP contribution in [-0.2, 0) is 0 Å². The highest BCUT2D eigenvalue weighted by atomic mass is 32.2. The summed E-state index contributed by atoms with van der Waals surface area (Å²) in [6.45, 7) is 0. The Morgan fingerprint density at radius 1 is 1.26 bits per heavy atom. The fourth-order valence-electron chi connectivity index (χ4n) is 1.89. The molecule has 19 heavy (non-hydrogen) atoms. The Morgan fingerprint density at radius 3 is 2.63 bits per heavy atom. The molecule has 1 heterocycles. The minimum absolute atomic E-state index is 0.122. The van der Waals surface area contributed by atoms with Gasteiger partial charge in [-0.15, -0.1) is 13.2 Å². The van der Waals surface area contributed by atoms with E-state index in [1.54, 1.807) is 35.7 Å². The van der Waals surface area contributed by atoms with Crippen molar-refractivity contribution in [2.45, 2.75) is 17.7 Å². The van der Waals surface area contributed by atoms with Crippen LogP contribution in [0.4, 0.5) is 13.2 Å². The normalized spacial score (nSPS) is 22.0. The molecule has 2 N–H and O–H groups in total. The van der Waals surface area contributed by atoms with Gasteiger partial charge in [0.25, 0.3) is 0 Å². The molecule has 1 saturated heterocycles. The van der Waals surface area contributed by atoms with Crippen LogP contribution < -0.4 is 10.5 Å². The van der Waals surface area contributed by atoms with Gasteiger partial charge in [0.05, 0.1) is 0 Å². The fraction of sp³-hybridized carbons (Fsp3) is 0.500. The van der Waals surface area contributed by atoms with Gasteiger partial charge in [-0.05, 0) is 6.07 Å². The average Bonchev–Trinajstić information content (AvgIpc) is 2.38. The zero-order valence-electron chi connectivity index (χ0n) is 10.0. The molecule has 106 valence electrons. The Kier molecular flexibility index (Phi) is 4.92. The summed E-state index contributed by atoms with van der Waals surface area (Å²) < 4.78 is 41.1. The number of para-hydroxylation sites is 1. The molecule has 0 amide bonds. The van der Waals surface area contributed by atoms with Gasteiger partial charge in [0, 0.05) is 34.1 Å². The Morgan fingerprint density at radius 2 is 2.00 bits per heavy atom. The summed E-state index contributed by atoms with van der Waals surface area (Å²) in [7, 11) is 0. The molecule has 1 aromatic rings. The number of thioether (sulfide) groups is 2. The lowest BCUT2D eigenvalue weighted by molar-refractivity contribution is -0.275. The highest BCUT2D eigenvalue weighted by molar-refractivity contribution is 8.06. The van der Waals surface area contributed by atoms with Crippen molar-refractivity contribution in [2.24, 2.45) is 5.73 Å². The van der Waals surface area contributed by atoms with Gasteiger partial charge in [0.1, 0.15) is 5.75 Å². The maximum Gasteiger partial charge on any atom is 0.573 e. The number of nitrogens with two attached hydrogens (primary N) is 1. The first kappa shape index (κ1) is 14.9. The number of hydrogen-bond acceptors (Lipinski definition) is 4. The number of rotatable bonds is 3. The Bertz CT molecular complexity index is 422. The third-order valence-corrected chi connectivity index (χ3v) is 5.63. The Balaban J connectivity index is 2.18. The molecule has 0 bridgehead atoms. The summed E-state index contributed by atoms with van der Waals surface area (Å²) >= 11 is 3.49. The van der Waals surface area contributed by atoms with Gasteiger partial charge in [-0.25, -0.2) is 0 Å². The van der Waals surface area contributed by atoms with Crippen LogP contribution in [0.2, 0.25) is 0 Å². The summed E-state index contributed by atoms with van der Waals surface area (Å²) in [5, 5.41) is 0.122. The summed E-state index contributed by atoms with van der Waals surface area (Å²) in [6, 6.07) is 5.66. The minimum Gasteiger partial charge on any atom is -0.405 e. The van der Waals surface area contributed by atoms with Crippen LogP contribution in [0.25, 0.3) is 0 Å². The van der Waals surface area contributed by atoms with E-state index in [9.17, 15) is 13.2 Å². The topological polar surface area (TPSA) is 35.2 Å².